The fraction of sp³-hybridized carbons (Fsp3) is 0.652. The van der Waals surface area contributed by atoms with E-state index in [0.717, 1.165) is 18.3 Å². The predicted octanol–water partition coefficient (Wildman–Crippen LogP) is 4.39. The third-order valence-electron chi connectivity index (χ3n) is 7.81. The molecule has 1 aromatic carbocycles. The van der Waals surface area contributed by atoms with E-state index in [1.807, 2.05) is 24.1 Å². The van der Waals surface area contributed by atoms with Crippen molar-refractivity contribution < 1.29 is 14.6 Å². The smallest absolute Gasteiger partial charge is 0.180 e. The molecule has 0 amide bonds. The highest BCUT2D eigenvalue weighted by molar-refractivity contribution is 5.41. The lowest BCUT2D eigenvalue weighted by Crippen LogP contribution is -2.41. The number of allylic oxidation sites excluding steroid dienone is 1. The van der Waals surface area contributed by atoms with Gasteiger partial charge in [-0.05, 0) is 98.1 Å². The molecule has 27 heavy (non-hydrogen) atoms. The highest BCUT2D eigenvalue weighted by Crippen LogP contribution is 2.62. The average Bonchev–Trinajstić information content (AvgIpc) is 2.99. The summed E-state index contributed by atoms with van der Waals surface area (Å²) in [5.74, 6) is 2.61. The molecule has 1 saturated heterocycles. The Kier molecular flexibility index (Phi) is 4.34. The number of nitrogens with zero attached hydrogens (tertiary/aromatic N) is 1. The van der Waals surface area contributed by atoms with Gasteiger partial charge in [0.15, 0.2) is 6.29 Å². The third kappa shape index (κ3) is 2.93. The first-order valence-electron chi connectivity index (χ1n) is 10.5. The zero-order chi connectivity index (χ0) is 18.6. The van der Waals surface area contributed by atoms with Crippen molar-refractivity contribution in [3.05, 3.63) is 41.0 Å². The lowest BCUT2D eigenvalue weighted by atomic mass is 9.55. The molecule has 0 spiro atoms. The van der Waals surface area contributed by atoms with Crippen LogP contribution in [0.5, 0.6) is 5.75 Å². The molecule has 1 N–H and O–H groups in total. The van der Waals surface area contributed by atoms with Crippen molar-refractivity contribution in [1.29, 1.82) is 0 Å². The van der Waals surface area contributed by atoms with E-state index in [1.165, 1.54) is 43.2 Å². The number of rotatable bonds is 1. The Morgan fingerprint density at radius 2 is 1.96 bits per heavy atom. The standard InChI is InChI=1S/C23H31NO3/c1-23-10-9-19-18-7-5-17(25)11-15(18)3-6-20(19)21(23)8-4-16(23)12-22-26-13-24(2)14-27-22/h5,7,11-12,19-22,25H,3-4,6,8-10,13-14H2,1-2H3/b16-12+. The Bertz CT molecular complexity index is 752. The molecule has 4 unspecified atom stereocenters. The van der Waals surface area contributed by atoms with Gasteiger partial charge in [-0.25, -0.2) is 0 Å². The summed E-state index contributed by atoms with van der Waals surface area (Å²) >= 11 is 0. The second-order valence-electron chi connectivity index (χ2n) is 9.30. The summed E-state index contributed by atoms with van der Waals surface area (Å²) < 4.78 is 11.7. The Hall–Kier alpha value is -1.36. The number of ether oxygens (including phenoxy) is 2. The Morgan fingerprint density at radius 3 is 2.78 bits per heavy atom. The molecule has 1 heterocycles. The minimum atomic E-state index is -0.181. The van der Waals surface area contributed by atoms with Crippen LogP contribution >= 0.6 is 0 Å². The molecule has 3 fully saturated rings. The Morgan fingerprint density at radius 1 is 1.15 bits per heavy atom. The van der Waals surface area contributed by atoms with Crippen LogP contribution in [-0.4, -0.2) is 36.8 Å². The predicted molar refractivity (Wildman–Crippen MR) is 104 cm³/mol. The quantitative estimate of drug-likeness (QED) is 0.745. The van der Waals surface area contributed by atoms with E-state index in [-0.39, 0.29) is 6.29 Å². The van der Waals surface area contributed by atoms with E-state index in [0.29, 0.717) is 30.5 Å². The van der Waals surface area contributed by atoms with Crippen LogP contribution < -0.4 is 0 Å². The number of benzene rings is 1. The van der Waals surface area contributed by atoms with Gasteiger partial charge >= 0.3 is 0 Å². The number of phenolic OH excluding ortho intramolecular Hbond substituents is 1. The summed E-state index contributed by atoms with van der Waals surface area (Å²) in [5, 5.41) is 9.85. The van der Waals surface area contributed by atoms with Crippen LogP contribution in [0.25, 0.3) is 0 Å². The van der Waals surface area contributed by atoms with Gasteiger partial charge in [0.25, 0.3) is 0 Å². The van der Waals surface area contributed by atoms with Gasteiger partial charge in [-0.1, -0.05) is 18.6 Å². The minimum absolute atomic E-state index is 0.181. The monoisotopic (exact) mass is 369 g/mol. The third-order valence-corrected chi connectivity index (χ3v) is 7.81. The fourth-order valence-electron chi connectivity index (χ4n) is 6.44. The average molecular weight is 370 g/mol. The molecule has 4 nitrogen and oxygen atoms in total. The van der Waals surface area contributed by atoms with Gasteiger partial charge in [0, 0.05) is 0 Å². The van der Waals surface area contributed by atoms with E-state index in [2.05, 4.69) is 19.1 Å². The molecule has 4 aliphatic rings. The topological polar surface area (TPSA) is 41.9 Å². The van der Waals surface area contributed by atoms with Gasteiger partial charge in [-0.2, -0.15) is 0 Å². The molecule has 1 aliphatic heterocycles. The molecule has 4 heteroatoms. The van der Waals surface area contributed by atoms with E-state index in [9.17, 15) is 5.11 Å². The summed E-state index contributed by atoms with van der Waals surface area (Å²) in [7, 11) is 2.01. The maximum Gasteiger partial charge on any atom is 0.180 e. The maximum absolute atomic E-state index is 9.85. The van der Waals surface area contributed by atoms with Gasteiger partial charge in [-0.3, -0.25) is 4.90 Å². The number of aromatic hydroxyl groups is 1. The highest BCUT2D eigenvalue weighted by Gasteiger charge is 2.52. The van der Waals surface area contributed by atoms with Crippen molar-refractivity contribution in [2.24, 2.45) is 17.3 Å². The zero-order valence-corrected chi connectivity index (χ0v) is 16.5. The number of aryl methyl sites for hydroxylation is 1. The van der Waals surface area contributed by atoms with Gasteiger partial charge in [-0.15, -0.1) is 0 Å². The van der Waals surface area contributed by atoms with Crippen LogP contribution in [0.4, 0.5) is 0 Å². The van der Waals surface area contributed by atoms with Crippen molar-refractivity contribution in [3.63, 3.8) is 0 Å². The van der Waals surface area contributed by atoms with E-state index in [4.69, 9.17) is 9.47 Å². The molecule has 0 bridgehead atoms. The highest BCUT2D eigenvalue weighted by atomic mass is 16.7. The fourth-order valence-corrected chi connectivity index (χ4v) is 6.44. The first-order valence-corrected chi connectivity index (χ1v) is 10.5. The van der Waals surface area contributed by atoms with Crippen LogP contribution in [0.1, 0.15) is 56.1 Å². The number of hydrogen-bond acceptors (Lipinski definition) is 4. The van der Waals surface area contributed by atoms with Gasteiger partial charge < -0.3 is 14.6 Å². The van der Waals surface area contributed by atoms with Crippen LogP contribution in [-0.2, 0) is 15.9 Å². The summed E-state index contributed by atoms with van der Waals surface area (Å²) in [5.41, 5.74) is 4.75. The molecule has 2 saturated carbocycles. The number of fused-ring (bicyclic) bond motifs is 5. The van der Waals surface area contributed by atoms with Crippen molar-refractivity contribution in [1.82, 2.24) is 4.90 Å². The largest absolute Gasteiger partial charge is 0.508 e. The molecule has 0 radical (unpaired) electrons. The normalized spacial score (nSPS) is 38.4. The van der Waals surface area contributed by atoms with E-state index in [1.54, 1.807) is 5.57 Å². The van der Waals surface area contributed by atoms with Crippen LogP contribution in [0.2, 0.25) is 0 Å². The van der Waals surface area contributed by atoms with Crippen LogP contribution in [0.3, 0.4) is 0 Å². The maximum atomic E-state index is 9.85. The Labute approximate surface area is 162 Å². The number of hydrogen-bond donors (Lipinski definition) is 1. The van der Waals surface area contributed by atoms with Crippen LogP contribution in [0, 0.1) is 17.3 Å². The summed E-state index contributed by atoms with van der Waals surface area (Å²) in [6.07, 6.45) is 9.46. The van der Waals surface area contributed by atoms with Crippen molar-refractivity contribution >= 4 is 0 Å². The molecule has 3 aliphatic carbocycles. The summed E-state index contributed by atoms with van der Waals surface area (Å²) in [6, 6.07) is 6.06. The second-order valence-corrected chi connectivity index (χ2v) is 9.30. The zero-order valence-electron chi connectivity index (χ0n) is 16.5. The summed E-state index contributed by atoms with van der Waals surface area (Å²) in [4.78, 5) is 2.04. The minimum Gasteiger partial charge on any atom is -0.508 e. The molecule has 5 rings (SSSR count). The number of phenols is 1. The van der Waals surface area contributed by atoms with Gasteiger partial charge in [0.05, 0.1) is 0 Å². The molecule has 1 aromatic rings. The van der Waals surface area contributed by atoms with Crippen molar-refractivity contribution in [2.75, 3.05) is 20.5 Å². The van der Waals surface area contributed by atoms with Crippen molar-refractivity contribution in [3.8, 4) is 5.75 Å². The molecule has 0 aromatic heterocycles. The lowest BCUT2D eigenvalue weighted by molar-refractivity contribution is -0.217. The SMILES string of the molecule is CN1COC(/C=C2\CCC3C4CCc5cc(O)ccc5C4CCC23C)OC1. The summed E-state index contributed by atoms with van der Waals surface area (Å²) in [6.45, 7) is 3.78. The Balaban J connectivity index is 1.39. The van der Waals surface area contributed by atoms with E-state index >= 15 is 0 Å². The molecule has 4 atom stereocenters. The van der Waals surface area contributed by atoms with Gasteiger partial charge in [0.2, 0.25) is 0 Å². The second kappa shape index (κ2) is 6.61. The first-order chi connectivity index (χ1) is 13.0. The lowest BCUT2D eigenvalue weighted by Gasteiger charge is -2.49. The molecule has 146 valence electrons. The van der Waals surface area contributed by atoms with E-state index < -0.39 is 0 Å². The first kappa shape index (κ1) is 17.7. The molecular weight excluding hydrogens is 338 g/mol. The molecular formula is C23H31NO3. The van der Waals surface area contributed by atoms with Gasteiger partial charge in [0.1, 0.15) is 19.2 Å². The van der Waals surface area contributed by atoms with Crippen LogP contribution in [0.15, 0.2) is 29.8 Å². The van der Waals surface area contributed by atoms with Crippen molar-refractivity contribution in [2.45, 2.75) is 57.7 Å².